The van der Waals surface area contributed by atoms with Crippen LogP contribution in [-0.4, -0.2) is 10.1 Å². The molecule has 0 fully saturated rings. The summed E-state index contributed by atoms with van der Waals surface area (Å²) in [6.45, 7) is 1.89. The van der Waals surface area contributed by atoms with Gasteiger partial charge in [-0.15, -0.1) is 0 Å². The van der Waals surface area contributed by atoms with Crippen molar-refractivity contribution in [3.8, 4) is 16.9 Å². The number of hydrogen-bond acceptors (Lipinski definition) is 2. The lowest BCUT2D eigenvalue weighted by Gasteiger charge is -2.02. The zero-order valence-electron chi connectivity index (χ0n) is 8.24. The van der Waals surface area contributed by atoms with E-state index in [2.05, 4.69) is 4.98 Å². The average molecular weight is 203 g/mol. The molecule has 1 aromatic heterocycles. The van der Waals surface area contributed by atoms with Crippen molar-refractivity contribution >= 4 is 0 Å². The Balaban J connectivity index is 2.45. The Morgan fingerprint density at radius 3 is 2.47 bits per heavy atom. The summed E-state index contributed by atoms with van der Waals surface area (Å²) in [5, 5.41) is 9.04. The van der Waals surface area contributed by atoms with Gasteiger partial charge in [0, 0.05) is 17.5 Å². The Morgan fingerprint density at radius 2 is 1.87 bits per heavy atom. The van der Waals surface area contributed by atoms with Gasteiger partial charge in [-0.3, -0.25) is 4.98 Å². The number of phenolic OH excluding ortho intramolecular Hbond substituents is 1. The highest BCUT2D eigenvalue weighted by atomic mass is 19.1. The zero-order chi connectivity index (χ0) is 10.8. The van der Waals surface area contributed by atoms with Crippen LogP contribution in [-0.2, 0) is 0 Å². The lowest BCUT2D eigenvalue weighted by molar-refractivity contribution is 0.432. The zero-order valence-corrected chi connectivity index (χ0v) is 8.24. The van der Waals surface area contributed by atoms with E-state index in [0.29, 0.717) is 5.56 Å². The van der Waals surface area contributed by atoms with E-state index in [-0.39, 0.29) is 5.75 Å². The SMILES string of the molecule is Cc1ccc(-c2ccc(O)c(F)c2)cn1. The summed E-state index contributed by atoms with van der Waals surface area (Å²) in [6.07, 6.45) is 1.68. The molecule has 1 aromatic carbocycles. The quantitative estimate of drug-likeness (QED) is 0.773. The van der Waals surface area contributed by atoms with Gasteiger partial charge in [0.05, 0.1) is 0 Å². The number of phenols is 1. The van der Waals surface area contributed by atoms with Gasteiger partial charge < -0.3 is 5.11 Å². The van der Waals surface area contributed by atoms with Crippen LogP contribution < -0.4 is 0 Å². The van der Waals surface area contributed by atoms with E-state index >= 15 is 0 Å². The van der Waals surface area contributed by atoms with Gasteiger partial charge in [-0.2, -0.15) is 0 Å². The Bertz CT molecular complexity index is 479. The molecule has 3 heteroatoms. The maximum absolute atomic E-state index is 13.1. The number of aromatic nitrogens is 1. The summed E-state index contributed by atoms with van der Waals surface area (Å²) >= 11 is 0. The highest BCUT2D eigenvalue weighted by Crippen LogP contribution is 2.24. The molecular formula is C12H10FNO. The van der Waals surface area contributed by atoms with Gasteiger partial charge in [0.1, 0.15) is 0 Å². The molecule has 1 heterocycles. The van der Waals surface area contributed by atoms with Crippen molar-refractivity contribution in [2.24, 2.45) is 0 Å². The van der Waals surface area contributed by atoms with Crippen molar-refractivity contribution in [1.29, 1.82) is 0 Å². The first-order valence-corrected chi connectivity index (χ1v) is 4.58. The van der Waals surface area contributed by atoms with Crippen LogP contribution in [0.25, 0.3) is 11.1 Å². The molecule has 2 nitrogen and oxygen atoms in total. The van der Waals surface area contributed by atoms with Gasteiger partial charge in [-0.05, 0) is 30.7 Å². The molecule has 0 aliphatic rings. The van der Waals surface area contributed by atoms with Crippen molar-refractivity contribution in [1.82, 2.24) is 4.98 Å². The van der Waals surface area contributed by atoms with Crippen molar-refractivity contribution in [2.45, 2.75) is 6.92 Å². The summed E-state index contributed by atoms with van der Waals surface area (Å²) < 4.78 is 13.1. The van der Waals surface area contributed by atoms with Gasteiger partial charge in [-0.25, -0.2) is 4.39 Å². The molecular weight excluding hydrogens is 193 g/mol. The molecule has 0 amide bonds. The van der Waals surface area contributed by atoms with Crippen LogP contribution in [0, 0.1) is 12.7 Å². The van der Waals surface area contributed by atoms with E-state index in [4.69, 9.17) is 5.11 Å². The lowest BCUT2D eigenvalue weighted by atomic mass is 10.1. The second-order valence-electron chi connectivity index (χ2n) is 3.35. The van der Waals surface area contributed by atoms with Gasteiger partial charge in [0.2, 0.25) is 0 Å². The smallest absolute Gasteiger partial charge is 0.165 e. The summed E-state index contributed by atoms with van der Waals surface area (Å²) in [5.74, 6) is -0.952. The fourth-order valence-electron chi connectivity index (χ4n) is 1.33. The fraction of sp³-hybridized carbons (Fsp3) is 0.0833. The van der Waals surface area contributed by atoms with Crippen LogP contribution in [0.3, 0.4) is 0 Å². The second-order valence-corrected chi connectivity index (χ2v) is 3.35. The number of halogens is 1. The third-order valence-corrected chi connectivity index (χ3v) is 2.19. The normalized spacial score (nSPS) is 10.3. The summed E-state index contributed by atoms with van der Waals surface area (Å²) in [7, 11) is 0. The van der Waals surface area contributed by atoms with E-state index in [1.165, 1.54) is 12.1 Å². The molecule has 0 aliphatic heterocycles. The van der Waals surface area contributed by atoms with E-state index in [0.717, 1.165) is 11.3 Å². The van der Waals surface area contributed by atoms with Crippen LogP contribution in [0.15, 0.2) is 36.5 Å². The molecule has 0 radical (unpaired) electrons. The minimum absolute atomic E-state index is 0.334. The van der Waals surface area contributed by atoms with Crippen LogP contribution in [0.1, 0.15) is 5.69 Å². The number of aromatic hydroxyl groups is 1. The van der Waals surface area contributed by atoms with Crippen molar-refractivity contribution in [2.75, 3.05) is 0 Å². The summed E-state index contributed by atoms with van der Waals surface area (Å²) in [6, 6.07) is 8.02. The molecule has 15 heavy (non-hydrogen) atoms. The predicted molar refractivity (Wildman–Crippen MR) is 56.0 cm³/mol. The van der Waals surface area contributed by atoms with Crippen molar-refractivity contribution in [3.63, 3.8) is 0 Å². The maximum Gasteiger partial charge on any atom is 0.165 e. The molecule has 0 aliphatic carbocycles. The van der Waals surface area contributed by atoms with E-state index < -0.39 is 5.82 Å². The first-order chi connectivity index (χ1) is 7.16. The van der Waals surface area contributed by atoms with Crippen LogP contribution in [0.5, 0.6) is 5.75 Å². The number of aryl methyl sites for hydroxylation is 1. The van der Waals surface area contributed by atoms with Gasteiger partial charge in [0.15, 0.2) is 11.6 Å². The predicted octanol–water partition coefficient (Wildman–Crippen LogP) is 2.90. The lowest BCUT2D eigenvalue weighted by Crippen LogP contribution is -1.84. The molecule has 0 bridgehead atoms. The topological polar surface area (TPSA) is 33.1 Å². The molecule has 2 aromatic rings. The molecule has 0 atom stereocenters. The van der Waals surface area contributed by atoms with Gasteiger partial charge >= 0.3 is 0 Å². The number of hydrogen-bond donors (Lipinski definition) is 1. The maximum atomic E-state index is 13.1. The first-order valence-electron chi connectivity index (χ1n) is 4.58. The summed E-state index contributed by atoms with van der Waals surface area (Å²) in [4.78, 5) is 4.12. The Hall–Kier alpha value is -1.90. The van der Waals surface area contributed by atoms with Crippen LogP contribution in [0.4, 0.5) is 4.39 Å². The van der Waals surface area contributed by atoms with Crippen LogP contribution >= 0.6 is 0 Å². The molecule has 1 N–H and O–H groups in total. The minimum atomic E-state index is -0.618. The molecule has 0 saturated heterocycles. The van der Waals surface area contributed by atoms with E-state index in [9.17, 15) is 4.39 Å². The number of pyridine rings is 1. The van der Waals surface area contributed by atoms with Crippen molar-refractivity contribution < 1.29 is 9.50 Å². The summed E-state index contributed by atoms with van der Waals surface area (Å²) in [5.41, 5.74) is 2.45. The minimum Gasteiger partial charge on any atom is -0.505 e. The molecule has 2 rings (SSSR count). The molecule has 0 saturated carbocycles. The third-order valence-electron chi connectivity index (χ3n) is 2.19. The molecule has 76 valence electrons. The Kier molecular flexibility index (Phi) is 2.37. The number of rotatable bonds is 1. The standard InChI is InChI=1S/C12H10FNO/c1-8-2-3-10(7-14-8)9-4-5-12(15)11(13)6-9/h2-7,15H,1H3. The fourth-order valence-corrected chi connectivity index (χ4v) is 1.33. The van der Waals surface area contributed by atoms with Crippen molar-refractivity contribution in [3.05, 3.63) is 48.0 Å². The number of benzene rings is 1. The van der Waals surface area contributed by atoms with Gasteiger partial charge in [0.25, 0.3) is 0 Å². The highest BCUT2D eigenvalue weighted by molar-refractivity contribution is 5.63. The average Bonchev–Trinajstić information content (AvgIpc) is 2.23. The first kappa shape index (κ1) is 9.65. The van der Waals surface area contributed by atoms with Gasteiger partial charge in [-0.1, -0.05) is 12.1 Å². The van der Waals surface area contributed by atoms with Crippen LogP contribution in [0.2, 0.25) is 0 Å². The largest absolute Gasteiger partial charge is 0.505 e. The van der Waals surface area contributed by atoms with E-state index in [1.807, 2.05) is 19.1 Å². The van der Waals surface area contributed by atoms with E-state index in [1.54, 1.807) is 12.3 Å². The molecule has 0 unspecified atom stereocenters. The monoisotopic (exact) mass is 203 g/mol. The number of nitrogens with zero attached hydrogens (tertiary/aromatic N) is 1. The Labute approximate surface area is 87.0 Å². The second kappa shape index (κ2) is 3.69. The third kappa shape index (κ3) is 1.96. The Morgan fingerprint density at radius 1 is 1.13 bits per heavy atom. The highest BCUT2D eigenvalue weighted by Gasteiger charge is 2.03. The molecule has 0 spiro atoms.